The first kappa shape index (κ1) is 26.1. The van der Waals surface area contributed by atoms with Gasteiger partial charge in [0.25, 0.3) is 0 Å². The lowest BCUT2D eigenvalue weighted by atomic mass is 9.63. The zero-order valence-corrected chi connectivity index (χ0v) is 21.2. The molecular weight excluding hydrogens is 445 g/mol. The van der Waals surface area contributed by atoms with Gasteiger partial charge in [0.05, 0.1) is 0 Å². The monoisotopic (exact) mass is 486 g/mol. The SMILES string of the molecule is CCCCCCCC1CC[C@@H]2C[C@H](c3ccc(-c4ccc(OCC(F)(F)F)cc4)cc3)CC[C@@H]2C1. The van der Waals surface area contributed by atoms with E-state index in [4.69, 9.17) is 4.74 Å². The molecule has 1 nitrogen and oxygen atoms in total. The van der Waals surface area contributed by atoms with Gasteiger partial charge in [-0.2, -0.15) is 13.2 Å². The molecule has 0 amide bonds. The van der Waals surface area contributed by atoms with Gasteiger partial charge in [0, 0.05) is 0 Å². The minimum absolute atomic E-state index is 0.241. The van der Waals surface area contributed by atoms with Crippen LogP contribution in [0.15, 0.2) is 48.5 Å². The number of hydrogen-bond acceptors (Lipinski definition) is 1. The lowest BCUT2D eigenvalue weighted by Crippen LogP contribution is -2.30. The van der Waals surface area contributed by atoms with E-state index in [2.05, 4.69) is 31.2 Å². The van der Waals surface area contributed by atoms with Gasteiger partial charge in [0.2, 0.25) is 0 Å². The third-order valence-electron chi connectivity index (χ3n) is 8.41. The largest absolute Gasteiger partial charge is 0.484 e. The average Bonchev–Trinajstić information content (AvgIpc) is 2.87. The molecule has 2 aromatic rings. The van der Waals surface area contributed by atoms with Gasteiger partial charge in [0.15, 0.2) is 6.61 Å². The third kappa shape index (κ3) is 7.75. The Bertz CT molecular complexity index is 887. The van der Waals surface area contributed by atoms with Crippen LogP contribution in [0.3, 0.4) is 0 Å². The topological polar surface area (TPSA) is 9.23 Å². The summed E-state index contributed by atoms with van der Waals surface area (Å²) in [6.07, 6.45) is 12.4. The molecule has 2 aromatic carbocycles. The maximum absolute atomic E-state index is 12.3. The summed E-state index contributed by atoms with van der Waals surface area (Å²) in [5.41, 5.74) is 3.52. The molecule has 35 heavy (non-hydrogen) atoms. The first-order chi connectivity index (χ1) is 16.9. The molecule has 4 rings (SSSR count). The van der Waals surface area contributed by atoms with Crippen LogP contribution in [0.2, 0.25) is 0 Å². The number of fused-ring (bicyclic) bond motifs is 1. The first-order valence-corrected chi connectivity index (χ1v) is 13.8. The Hall–Kier alpha value is -1.97. The predicted octanol–water partition coefficient (Wildman–Crippen LogP) is 9.96. The van der Waals surface area contributed by atoms with Crippen molar-refractivity contribution in [3.63, 3.8) is 0 Å². The molecule has 0 heterocycles. The summed E-state index contributed by atoms with van der Waals surface area (Å²) >= 11 is 0. The minimum atomic E-state index is -4.32. The summed E-state index contributed by atoms with van der Waals surface area (Å²) < 4.78 is 41.8. The van der Waals surface area contributed by atoms with Gasteiger partial charge >= 0.3 is 6.18 Å². The molecule has 4 atom stereocenters. The van der Waals surface area contributed by atoms with Gasteiger partial charge in [0.1, 0.15) is 5.75 Å². The standard InChI is InChI=1S/C31H41F3O/c1-2-3-4-5-6-7-23-8-9-29-21-28(15-14-27(29)20-23)26-12-10-24(11-13-26)25-16-18-30(19-17-25)35-22-31(32,33)34/h10-13,16-19,23,27-29H,2-9,14-15,20-22H2,1H3/t23?,27-,28-,29-/m1/s1. The van der Waals surface area contributed by atoms with Gasteiger partial charge in [-0.25, -0.2) is 0 Å². The van der Waals surface area contributed by atoms with Crippen molar-refractivity contribution in [1.29, 1.82) is 0 Å². The number of halogens is 3. The summed E-state index contributed by atoms with van der Waals surface area (Å²) in [4.78, 5) is 0. The second kappa shape index (κ2) is 12.3. The fraction of sp³-hybridized carbons (Fsp3) is 0.613. The van der Waals surface area contributed by atoms with E-state index in [0.29, 0.717) is 5.92 Å². The molecule has 2 aliphatic rings. The van der Waals surface area contributed by atoms with Crippen molar-refractivity contribution in [3.8, 4) is 16.9 Å². The Morgan fingerprint density at radius 1 is 0.743 bits per heavy atom. The van der Waals surface area contributed by atoms with Crippen LogP contribution in [0.25, 0.3) is 11.1 Å². The van der Waals surface area contributed by atoms with E-state index in [1.54, 1.807) is 12.1 Å². The molecule has 0 saturated heterocycles. The van der Waals surface area contributed by atoms with Gasteiger partial charge < -0.3 is 4.74 Å². The van der Waals surface area contributed by atoms with E-state index >= 15 is 0 Å². The van der Waals surface area contributed by atoms with Gasteiger partial charge in [-0.15, -0.1) is 0 Å². The molecule has 0 aromatic heterocycles. The Balaban J connectivity index is 1.25. The molecule has 0 N–H and O–H groups in total. The fourth-order valence-corrected chi connectivity index (χ4v) is 6.44. The van der Waals surface area contributed by atoms with Crippen molar-refractivity contribution in [3.05, 3.63) is 54.1 Å². The smallest absolute Gasteiger partial charge is 0.422 e. The molecule has 1 unspecified atom stereocenters. The number of alkyl halides is 3. The molecule has 2 fully saturated rings. The van der Waals surface area contributed by atoms with Gasteiger partial charge in [-0.1, -0.05) is 88.3 Å². The molecule has 192 valence electrons. The second-order valence-electron chi connectivity index (χ2n) is 11.0. The van der Waals surface area contributed by atoms with Crippen LogP contribution >= 0.6 is 0 Å². The normalized spacial score (nSPS) is 24.7. The van der Waals surface area contributed by atoms with Crippen molar-refractivity contribution < 1.29 is 17.9 Å². The molecule has 0 spiro atoms. The molecular formula is C31H41F3O. The third-order valence-corrected chi connectivity index (χ3v) is 8.41. The summed E-state index contributed by atoms with van der Waals surface area (Å²) in [5.74, 6) is 3.71. The number of hydrogen-bond donors (Lipinski definition) is 0. The highest BCUT2D eigenvalue weighted by Gasteiger charge is 2.35. The van der Waals surface area contributed by atoms with E-state index < -0.39 is 12.8 Å². The predicted molar refractivity (Wildman–Crippen MR) is 138 cm³/mol. The van der Waals surface area contributed by atoms with Crippen LogP contribution in [0, 0.1) is 17.8 Å². The molecule has 0 bridgehead atoms. The maximum Gasteiger partial charge on any atom is 0.422 e. The highest BCUT2D eigenvalue weighted by atomic mass is 19.4. The Labute approximate surface area is 209 Å². The van der Waals surface area contributed by atoms with E-state index in [1.165, 1.54) is 82.6 Å². The lowest BCUT2D eigenvalue weighted by molar-refractivity contribution is -0.153. The number of rotatable bonds is 10. The van der Waals surface area contributed by atoms with E-state index in [0.717, 1.165) is 28.9 Å². The average molecular weight is 487 g/mol. The lowest BCUT2D eigenvalue weighted by Gasteiger charge is -2.42. The van der Waals surface area contributed by atoms with Gasteiger partial charge in [-0.05, 0) is 84.6 Å². The van der Waals surface area contributed by atoms with Crippen molar-refractivity contribution in [2.24, 2.45) is 17.8 Å². The minimum Gasteiger partial charge on any atom is -0.484 e. The number of ether oxygens (including phenoxy) is 1. The van der Waals surface area contributed by atoms with Gasteiger partial charge in [-0.3, -0.25) is 0 Å². The fourth-order valence-electron chi connectivity index (χ4n) is 6.44. The molecule has 4 heteroatoms. The molecule has 2 aliphatic carbocycles. The zero-order valence-electron chi connectivity index (χ0n) is 21.2. The Morgan fingerprint density at radius 3 is 2.06 bits per heavy atom. The Morgan fingerprint density at radius 2 is 1.37 bits per heavy atom. The summed E-state index contributed by atoms with van der Waals surface area (Å²) in [6, 6.07) is 15.7. The maximum atomic E-state index is 12.3. The van der Waals surface area contributed by atoms with Crippen molar-refractivity contribution in [1.82, 2.24) is 0 Å². The van der Waals surface area contributed by atoms with Crippen LogP contribution in [-0.2, 0) is 0 Å². The first-order valence-electron chi connectivity index (χ1n) is 13.8. The van der Waals surface area contributed by atoms with Crippen molar-refractivity contribution >= 4 is 0 Å². The van der Waals surface area contributed by atoms with E-state index in [-0.39, 0.29) is 5.75 Å². The highest BCUT2D eigenvalue weighted by Crippen LogP contribution is 2.48. The quantitative estimate of drug-likeness (QED) is 0.304. The summed E-state index contributed by atoms with van der Waals surface area (Å²) in [6.45, 7) is 1.03. The molecule has 2 saturated carbocycles. The zero-order chi connectivity index (χ0) is 24.7. The van der Waals surface area contributed by atoms with Crippen molar-refractivity contribution in [2.45, 2.75) is 96.1 Å². The summed E-state index contributed by atoms with van der Waals surface area (Å²) in [5, 5.41) is 0. The molecule has 0 aliphatic heterocycles. The van der Waals surface area contributed by atoms with Crippen LogP contribution in [0.4, 0.5) is 13.2 Å². The van der Waals surface area contributed by atoms with Crippen LogP contribution in [0.1, 0.15) is 95.5 Å². The van der Waals surface area contributed by atoms with Crippen LogP contribution in [-0.4, -0.2) is 12.8 Å². The van der Waals surface area contributed by atoms with Crippen molar-refractivity contribution in [2.75, 3.05) is 6.61 Å². The van der Waals surface area contributed by atoms with E-state index in [9.17, 15) is 13.2 Å². The summed E-state index contributed by atoms with van der Waals surface area (Å²) in [7, 11) is 0. The second-order valence-corrected chi connectivity index (χ2v) is 11.0. The molecule has 0 radical (unpaired) electrons. The highest BCUT2D eigenvalue weighted by molar-refractivity contribution is 5.64. The van der Waals surface area contributed by atoms with Crippen LogP contribution < -0.4 is 4.74 Å². The van der Waals surface area contributed by atoms with E-state index in [1.807, 2.05) is 12.1 Å². The number of benzene rings is 2. The number of unbranched alkanes of at least 4 members (excludes halogenated alkanes) is 4. The Kier molecular flexibility index (Phi) is 9.19. The van der Waals surface area contributed by atoms with Crippen LogP contribution in [0.5, 0.6) is 5.75 Å².